The third kappa shape index (κ3) is 6.21. The van der Waals surface area contributed by atoms with Gasteiger partial charge in [-0.15, -0.1) is 0 Å². The topological polar surface area (TPSA) is 131 Å². The number of methoxy groups -OCH3 is 1. The second-order valence-corrected chi connectivity index (χ2v) is 11.7. The summed E-state index contributed by atoms with van der Waals surface area (Å²) < 4.78 is 43.6. The lowest BCUT2D eigenvalue weighted by atomic mass is 10.0. The summed E-state index contributed by atoms with van der Waals surface area (Å²) in [7, 11) is -0.353. The molecule has 1 aromatic heterocycles. The van der Waals surface area contributed by atoms with Gasteiger partial charge < -0.3 is 4.74 Å². The smallest absolute Gasteiger partial charge is 0.264 e. The van der Waals surface area contributed by atoms with Crippen molar-refractivity contribution in [1.82, 2.24) is 19.9 Å². The Morgan fingerprint density at radius 2 is 2.00 bits per heavy atom. The summed E-state index contributed by atoms with van der Waals surface area (Å²) in [6, 6.07) is 9.80. The molecule has 0 aliphatic rings. The van der Waals surface area contributed by atoms with E-state index in [4.69, 9.17) is 9.94 Å². The first-order valence-corrected chi connectivity index (χ1v) is 13.4. The van der Waals surface area contributed by atoms with Crippen LogP contribution in [0.4, 0.5) is 4.39 Å². The third-order valence-corrected chi connectivity index (χ3v) is 8.56. The molecule has 0 unspecified atom stereocenters. The quantitative estimate of drug-likeness (QED) is 0.282. The number of amides is 1. The number of hydrogen-bond donors (Lipinski definition) is 2. The highest BCUT2D eigenvalue weighted by atomic mass is 32.2. The Morgan fingerprint density at radius 3 is 2.62 bits per heavy atom. The molecule has 0 aliphatic heterocycles. The molecule has 0 saturated heterocycles. The first kappa shape index (κ1) is 28.4. The molecule has 3 aromatic rings. The number of benzene rings is 2. The molecule has 3 rings (SSSR count). The second kappa shape index (κ2) is 11.5. The fraction of sp³-hybridized carbons (Fsp3) is 0.400. The van der Waals surface area contributed by atoms with Gasteiger partial charge in [0.2, 0.25) is 0 Å². The van der Waals surface area contributed by atoms with Crippen molar-refractivity contribution in [2.24, 2.45) is 0 Å². The average molecular weight is 535 g/mol. The molecule has 0 aliphatic carbocycles. The maximum Gasteiger partial charge on any atom is 0.264 e. The van der Waals surface area contributed by atoms with Crippen LogP contribution in [0.5, 0.6) is 0 Å². The van der Waals surface area contributed by atoms with Crippen LogP contribution < -0.4 is 11.0 Å². The number of aromatic nitrogens is 2. The standard InChI is InChI=1S/C25H31FN4O6S/c1-25(24(32)28-33,37(4,34)35)9-10-30-16-27-22-14-18(6-8-20(22)23(30)31)19-7-5-17(13-21(19)26)15-29(2)11-12-36-3/h5-8,13-14,16,33H,9-12,15H2,1-4H3,(H,28,32)/t25-/m0/s1. The zero-order valence-corrected chi connectivity index (χ0v) is 22.0. The zero-order chi connectivity index (χ0) is 27.4. The van der Waals surface area contributed by atoms with Crippen LogP contribution in [-0.4, -0.2) is 72.3 Å². The van der Waals surface area contributed by atoms with Crippen LogP contribution >= 0.6 is 0 Å². The van der Waals surface area contributed by atoms with Crippen molar-refractivity contribution in [3.05, 3.63) is 64.5 Å². The van der Waals surface area contributed by atoms with Gasteiger partial charge in [-0.3, -0.25) is 24.3 Å². The van der Waals surface area contributed by atoms with Gasteiger partial charge in [0.15, 0.2) is 14.6 Å². The maximum absolute atomic E-state index is 15.0. The number of nitrogens with zero attached hydrogens (tertiary/aromatic N) is 3. The van der Waals surface area contributed by atoms with Crippen LogP contribution in [0, 0.1) is 5.82 Å². The van der Waals surface area contributed by atoms with E-state index in [0.717, 1.165) is 18.4 Å². The molecule has 1 heterocycles. The number of hydroxylamine groups is 1. The van der Waals surface area contributed by atoms with Crippen molar-refractivity contribution in [2.75, 3.05) is 33.6 Å². The molecule has 37 heavy (non-hydrogen) atoms. The van der Waals surface area contributed by atoms with E-state index in [1.165, 1.54) is 29.4 Å². The Balaban J connectivity index is 1.85. The molecule has 2 aromatic carbocycles. The van der Waals surface area contributed by atoms with Gasteiger partial charge in [0.25, 0.3) is 11.5 Å². The summed E-state index contributed by atoms with van der Waals surface area (Å²) in [5.74, 6) is -1.48. The van der Waals surface area contributed by atoms with Gasteiger partial charge in [0, 0.05) is 38.6 Å². The summed E-state index contributed by atoms with van der Waals surface area (Å²) in [5, 5.41) is 9.23. The molecule has 0 saturated carbocycles. The molecule has 0 spiro atoms. The van der Waals surface area contributed by atoms with Gasteiger partial charge in [-0.2, -0.15) is 0 Å². The van der Waals surface area contributed by atoms with E-state index in [0.29, 0.717) is 29.8 Å². The van der Waals surface area contributed by atoms with Gasteiger partial charge in [0.05, 0.1) is 23.8 Å². The van der Waals surface area contributed by atoms with Gasteiger partial charge in [-0.1, -0.05) is 18.2 Å². The number of fused-ring (bicyclic) bond motifs is 1. The maximum atomic E-state index is 15.0. The van der Waals surface area contributed by atoms with Crippen LogP contribution in [0.2, 0.25) is 0 Å². The van der Waals surface area contributed by atoms with E-state index in [1.54, 1.807) is 31.4 Å². The molecule has 200 valence electrons. The molecule has 12 heteroatoms. The molecule has 2 N–H and O–H groups in total. The minimum atomic E-state index is -3.91. The summed E-state index contributed by atoms with van der Waals surface area (Å²) in [5.41, 5.74) is 3.03. The van der Waals surface area contributed by atoms with Crippen LogP contribution in [0.1, 0.15) is 18.9 Å². The van der Waals surface area contributed by atoms with E-state index in [1.807, 2.05) is 18.0 Å². The van der Waals surface area contributed by atoms with E-state index >= 15 is 0 Å². The molecule has 0 bridgehead atoms. The predicted octanol–water partition coefficient (Wildman–Crippen LogP) is 1.98. The van der Waals surface area contributed by atoms with E-state index < -0.39 is 31.9 Å². The fourth-order valence-electron chi connectivity index (χ4n) is 3.93. The number of ether oxygens (including phenoxy) is 1. The Kier molecular flexibility index (Phi) is 8.80. The number of sulfone groups is 1. The minimum Gasteiger partial charge on any atom is -0.383 e. The van der Waals surface area contributed by atoms with Crippen molar-refractivity contribution in [2.45, 2.75) is 31.2 Å². The number of aryl methyl sites for hydroxylation is 1. The molecular weight excluding hydrogens is 503 g/mol. The average Bonchev–Trinajstić information content (AvgIpc) is 2.85. The summed E-state index contributed by atoms with van der Waals surface area (Å²) in [4.78, 5) is 31.4. The van der Waals surface area contributed by atoms with Gasteiger partial charge >= 0.3 is 0 Å². The molecular formula is C25H31FN4O6S. The van der Waals surface area contributed by atoms with Crippen LogP contribution in [0.15, 0.2) is 47.5 Å². The molecule has 1 amide bonds. The predicted molar refractivity (Wildman–Crippen MR) is 137 cm³/mol. The molecule has 0 fully saturated rings. The highest BCUT2D eigenvalue weighted by molar-refractivity contribution is 7.92. The monoisotopic (exact) mass is 534 g/mol. The first-order valence-electron chi connectivity index (χ1n) is 11.5. The highest BCUT2D eigenvalue weighted by Crippen LogP contribution is 2.27. The van der Waals surface area contributed by atoms with E-state index in [-0.39, 0.29) is 18.4 Å². The van der Waals surface area contributed by atoms with E-state index in [2.05, 4.69) is 4.98 Å². The lowest BCUT2D eigenvalue weighted by molar-refractivity contribution is -0.131. The normalized spacial score (nSPS) is 13.6. The van der Waals surface area contributed by atoms with Gasteiger partial charge in [-0.05, 0) is 49.7 Å². The molecule has 0 radical (unpaired) electrons. The van der Waals surface area contributed by atoms with Crippen molar-refractivity contribution >= 4 is 26.6 Å². The lowest BCUT2D eigenvalue weighted by Crippen LogP contribution is -2.50. The Hall–Kier alpha value is -3.19. The number of halogens is 1. The highest BCUT2D eigenvalue weighted by Gasteiger charge is 2.43. The number of rotatable bonds is 11. The minimum absolute atomic E-state index is 0.130. The summed E-state index contributed by atoms with van der Waals surface area (Å²) in [6.45, 7) is 2.91. The van der Waals surface area contributed by atoms with Crippen LogP contribution in [-0.2, 0) is 32.5 Å². The number of hydrogen-bond acceptors (Lipinski definition) is 8. The molecule has 1 atom stereocenters. The lowest BCUT2D eigenvalue weighted by Gasteiger charge is -2.25. The first-order chi connectivity index (χ1) is 17.4. The third-order valence-electron chi connectivity index (χ3n) is 6.53. The van der Waals surface area contributed by atoms with Gasteiger partial charge in [0.1, 0.15) is 5.82 Å². The number of carbonyl (C=O) groups excluding carboxylic acids is 1. The Morgan fingerprint density at radius 1 is 1.27 bits per heavy atom. The fourth-order valence-corrected chi connectivity index (χ4v) is 4.78. The SMILES string of the molecule is COCCN(C)Cc1ccc(-c2ccc3c(=O)n(CC[C@@](C)(C(=O)NO)S(C)(=O)=O)cnc3c2)c(F)c1. The number of nitrogens with one attached hydrogen (secondary N) is 1. The Labute approximate surface area is 214 Å². The number of likely N-dealkylation sites (N-methyl/N-ethyl adjacent to an activating group) is 1. The number of carbonyl (C=O) groups is 1. The van der Waals surface area contributed by atoms with Crippen molar-refractivity contribution in [1.29, 1.82) is 0 Å². The summed E-state index contributed by atoms with van der Waals surface area (Å²) >= 11 is 0. The second-order valence-electron chi connectivity index (χ2n) is 9.21. The van der Waals surface area contributed by atoms with Crippen LogP contribution in [0.3, 0.4) is 0 Å². The largest absolute Gasteiger partial charge is 0.383 e. The van der Waals surface area contributed by atoms with Crippen molar-refractivity contribution < 1.29 is 27.5 Å². The Bertz CT molecular complexity index is 1460. The van der Waals surface area contributed by atoms with E-state index in [9.17, 15) is 22.4 Å². The van der Waals surface area contributed by atoms with Crippen molar-refractivity contribution in [3.8, 4) is 11.1 Å². The zero-order valence-electron chi connectivity index (χ0n) is 21.2. The molecule has 10 nitrogen and oxygen atoms in total. The van der Waals surface area contributed by atoms with Crippen molar-refractivity contribution in [3.63, 3.8) is 0 Å². The van der Waals surface area contributed by atoms with Crippen LogP contribution in [0.25, 0.3) is 22.0 Å². The summed E-state index contributed by atoms with van der Waals surface area (Å²) in [6.07, 6.45) is 1.88. The van der Waals surface area contributed by atoms with Gasteiger partial charge in [-0.25, -0.2) is 23.3 Å².